The van der Waals surface area contributed by atoms with E-state index in [1.165, 1.54) is 21.0 Å². The molecule has 0 bridgehead atoms. The minimum absolute atomic E-state index is 0.0128. The van der Waals surface area contributed by atoms with Crippen LogP contribution < -0.4 is 0 Å². The lowest BCUT2D eigenvalue weighted by molar-refractivity contribution is -0.191. The first-order chi connectivity index (χ1) is 22.0. The minimum atomic E-state index is -1.44. The maximum Gasteiger partial charge on any atom is 0.334 e. The molecule has 12 atom stereocenters. The minimum Gasteiger partial charge on any atom is -0.478 e. The lowest BCUT2D eigenvalue weighted by Crippen LogP contribution is -2.67. The predicted molar refractivity (Wildman–Crippen MR) is 161 cm³/mol. The highest BCUT2D eigenvalue weighted by atomic mass is 16.6. The molecule has 8 rings (SSSR count). The van der Waals surface area contributed by atoms with Gasteiger partial charge < -0.3 is 29.5 Å². The molecule has 7 aliphatic carbocycles. The van der Waals surface area contributed by atoms with E-state index in [0.29, 0.717) is 24.0 Å². The molecule has 12 unspecified atom stereocenters. The van der Waals surface area contributed by atoms with Crippen LogP contribution in [0.2, 0.25) is 0 Å². The van der Waals surface area contributed by atoms with Crippen LogP contribution in [0.1, 0.15) is 60.3 Å². The zero-order valence-corrected chi connectivity index (χ0v) is 27.3. The molecule has 1 heterocycles. The molecule has 0 radical (unpaired) electrons. The Bertz CT molecular complexity index is 1760. The van der Waals surface area contributed by atoms with Crippen LogP contribution in [0.5, 0.6) is 0 Å². The van der Waals surface area contributed by atoms with Crippen molar-refractivity contribution in [1.29, 1.82) is 0 Å². The molecular weight excluding hydrogens is 608 g/mol. The molecular formula is C36H40O11. The van der Waals surface area contributed by atoms with Crippen LogP contribution in [0, 0.1) is 52.3 Å². The van der Waals surface area contributed by atoms with Crippen LogP contribution in [0.25, 0.3) is 0 Å². The van der Waals surface area contributed by atoms with Crippen LogP contribution in [0.15, 0.2) is 45.1 Å². The topological polar surface area (TPSA) is 174 Å². The average Bonchev–Trinajstić information content (AvgIpc) is 3.94. The lowest BCUT2D eigenvalue weighted by Gasteiger charge is -2.63. The van der Waals surface area contributed by atoms with Crippen LogP contribution in [-0.4, -0.2) is 76.0 Å². The van der Waals surface area contributed by atoms with E-state index in [0.717, 1.165) is 23.6 Å². The Morgan fingerprint density at radius 2 is 1.72 bits per heavy atom. The number of allylic oxidation sites excluding steroid dienone is 1. The van der Waals surface area contributed by atoms with Crippen molar-refractivity contribution in [1.82, 2.24) is 0 Å². The van der Waals surface area contributed by atoms with Gasteiger partial charge in [0.15, 0.2) is 5.78 Å². The van der Waals surface area contributed by atoms with Crippen LogP contribution in [0.3, 0.4) is 0 Å². The number of carboxylic acids is 1. The number of carbonyl (C=O) groups is 5. The van der Waals surface area contributed by atoms with Gasteiger partial charge in [-0.2, -0.15) is 0 Å². The van der Waals surface area contributed by atoms with Crippen molar-refractivity contribution < 1.29 is 53.5 Å². The van der Waals surface area contributed by atoms with Crippen LogP contribution in [-0.2, 0) is 38.2 Å². The number of fused-ring (bicyclic) bond motifs is 7. The maximum atomic E-state index is 14.4. The molecule has 8 aliphatic rings. The van der Waals surface area contributed by atoms with Gasteiger partial charge in [0.25, 0.3) is 0 Å². The number of Topliss-reactive ketones (excluding diaryl/α,β-unsaturated/α-hetero) is 1. The Morgan fingerprint density at radius 3 is 2.38 bits per heavy atom. The second-order valence-electron chi connectivity index (χ2n) is 15.7. The van der Waals surface area contributed by atoms with E-state index in [1.807, 2.05) is 6.92 Å². The number of hydrogen-bond acceptors (Lipinski definition) is 10. The van der Waals surface area contributed by atoms with Gasteiger partial charge in [-0.25, -0.2) is 19.2 Å². The summed E-state index contributed by atoms with van der Waals surface area (Å²) >= 11 is 0. The second-order valence-corrected chi connectivity index (χ2v) is 15.7. The molecule has 0 saturated heterocycles. The highest BCUT2D eigenvalue weighted by molar-refractivity contribution is 6.09. The number of ether oxygens (including phenoxy) is 3. The first-order valence-corrected chi connectivity index (χ1v) is 16.5. The Hall–Kier alpha value is -3.57. The normalized spacial score (nSPS) is 47.6. The van der Waals surface area contributed by atoms with Gasteiger partial charge in [-0.1, -0.05) is 19.4 Å². The van der Waals surface area contributed by atoms with Crippen molar-refractivity contribution in [2.45, 2.75) is 77.6 Å². The molecule has 47 heavy (non-hydrogen) atoms. The zero-order chi connectivity index (χ0) is 33.9. The maximum absolute atomic E-state index is 14.4. The van der Waals surface area contributed by atoms with Crippen LogP contribution >= 0.6 is 0 Å². The predicted octanol–water partition coefficient (Wildman–Crippen LogP) is 2.60. The van der Waals surface area contributed by atoms with E-state index in [2.05, 4.69) is 6.92 Å². The van der Waals surface area contributed by atoms with E-state index in [9.17, 15) is 34.2 Å². The SMILES string of the molecule is COC(=O)C(C)=C1C(=O)C(O)C2(C)C3=C(CC4C5(OC(=O)C(C)=C5CC5C(O)(COC(=O)C(C)=CC(=O)O)C6CC6C54C)C13)C1CC12. The van der Waals surface area contributed by atoms with Gasteiger partial charge in [-0.05, 0) is 86.7 Å². The molecule has 5 fully saturated rings. The summed E-state index contributed by atoms with van der Waals surface area (Å²) in [5, 5.41) is 33.3. The number of aliphatic hydroxyl groups is 2. The molecule has 250 valence electrons. The van der Waals surface area contributed by atoms with Gasteiger partial charge in [-0.3, -0.25) is 4.79 Å². The summed E-state index contributed by atoms with van der Waals surface area (Å²) in [6, 6.07) is 0. The molecule has 1 spiro atoms. The van der Waals surface area contributed by atoms with Crippen molar-refractivity contribution in [2.24, 2.45) is 52.3 Å². The first kappa shape index (κ1) is 30.7. The van der Waals surface area contributed by atoms with E-state index in [1.54, 1.807) is 6.92 Å². The van der Waals surface area contributed by atoms with Gasteiger partial charge in [0.05, 0.1) is 13.0 Å². The van der Waals surface area contributed by atoms with Crippen molar-refractivity contribution in [3.63, 3.8) is 0 Å². The zero-order valence-electron chi connectivity index (χ0n) is 27.3. The van der Waals surface area contributed by atoms with Crippen molar-refractivity contribution in [3.05, 3.63) is 45.1 Å². The van der Waals surface area contributed by atoms with Crippen molar-refractivity contribution >= 4 is 29.7 Å². The summed E-state index contributed by atoms with van der Waals surface area (Å²) in [6.07, 6.45) is 1.75. The summed E-state index contributed by atoms with van der Waals surface area (Å²) in [5.41, 5.74) is -0.930. The van der Waals surface area contributed by atoms with E-state index in [-0.39, 0.29) is 59.3 Å². The number of carbonyl (C=O) groups excluding carboxylic acids is 4. The Balaban J connectivity index is 1.31. The molecule has 11 nitrogen and oxygen atoms in total. The standard InChI is InChI=1S/C36H40O11/c1-13(7-24(37)38)30(41)46-12-35(44)21-10-20(21)33(4)22(35)11-18-14(2)32(43)47-36(18)23(33)9-17-16-8-19(16)34(5)26(17)27(36)25(28(39)29(34)40)15(3)31(42)45-6/h7,16,19-23,27,29,40,44H,8-12H2,1-6H3,(H,37,38). The summed E-state index contributed by atoms with van der Waals surface area (Å²) < 4.78 is 17.3. The molecule has 0 amide bonds. The van der Waals surface area contributed by atoms with Gasteiger partial charge in [0, 0.05) is 45.6 Å². The van der Waals surface area contributed by atoms with Gasteiger partial charge >= 0.3 is 23.9 Å². The molecule has 5 saturated carbocycles. The Labute approximate surface area is 271 Å². The third-order valence-corrected chi connectivity index (χ3v) is 14.2. The third-order valence-electron chi connectivity index (χ3n) is 14.2. The second kappa shape index (κ2) is 9.11. The monoisotopic (exact) mass is 648 g/mol. The first-order valence-electron chi connectivity index (χ1n) is 16.5. The molecule has 0 aromatic heterocycles. The summed E-state index contributed by atoms with van der Waals surface area (Å²) in [6.45, 7) is 8.33. The van der Waals surface area contributed by atoms with E-state index >= 15 is 0 Å². The molecule has 11 heteroatoms. The number of ketones is 1. The number of hydrogen-bond donors (Lipinski definition) is 3. The van der Waals surface area contributed by atoms with Crippen molar-refractivity contribution in [2.75, 3.05) is 13.7 Å². The number of esters is 3. The fourth-order valence-electron chi connectivity index (χ4n) is 12.0. The third kappa shape index (κ3) is 3.37. The number of carboxylic acid groups (broad SMARTS) is 1. The molecule has 0 aromatic carbocycles. The highest BCUT2D eigenvalue weighted by Crippen LogP contribution is 2.83. The average molecular weight is 649 g/mol. The smallest absolute Gasteiger partial charge is 0.334 e. The molecule has 3 N–H and O–H groups in total. The molecule has 1 aliphatic heterocycles. The fourth-order valence-corrected chi connectivity index (χ4v) is 12.0. The largest absolute Gasteiger partial charge is 0.478 e. The van der Waals surface area contributed by atoms with E-state index in [4.69, 9.17) is 19.3 Å². The Morgan fingerprint density at radius 1 is 1.02 bits per heavy atom. The number of rotatable bonds is 5. The highest BCUT2D eigenvalue weighted by Gasteiger charge is 2.84. The summed E-state index contributed by atoms with van der Waals surface area (Å²) in [5.74, 6) is -5.36. The Kier molecular flexibility index (Phi) is 5.96. The quantitative estimate of drug-likeness (QED) is 0.173. The summed E-state index contributed by atoms with van der Waals surface area (Å²) in [4.78, 5) is 65.1. The van der Waals surface area contributed by atoms with Crippen molar-refractivity contribution in [3.8, 4) is 0 Å². The van der Waals surface area contributed by atoms with Gasteiger partial charge in [0.2, 0.25) is 0 Å². The summed E-state index contributed by atoms with van der Waals surface area (Å²) in [7, 11) is 1.24. The van der Waals surface area contributed by atoms with Gasteiger partial charge in [0.1, 0.15) is 23.9 Å². The number of aliphatic hydroxyl groups excluding tert-OH is 1. The molecule has 0 aromatic rings. The van der Waals surface area contributed by atoms with Gasteiger partial charge in [-0.15, -0.1) is 0 Å². The van der Waals surface area contributed by atoms with Crippen LogP contribution in [0.4, 0.5) is 0 Å². The lowest BCUT2D eigenvalue weighted by atomic mass is 9.42. The fraction of sp³-hybridized carbons (Fsp3) is 0.639. The van der Waals surface area contributed by atoms with E-state index < -0.39 is 69.6 Å². The number of aliphatic carboxylic acids is 1. The number of methoxy groups -OCH3 is 1.